The number of amides is 1. The van der Waals surface area contributed by atoms with Gasteiger partial charge in [-0.1, -0.05) is 41.7 Å². The Balaban J connectivity index is 1.24. The monoisotopic (exact) mass is 489 g/mol. The van der Waals surface area contributed by atoms with E-state index >= 15 is 0 Å². The lowest BCUT2D eigenvalue weighted by atomic mass is 9.97. The van der Waals surface area contributed by atoms with Crippen molar-refractivity contribution < 1.29 is 9.53 Å². The van der Waals surface area contributed by atoms with E-state index in [0.29, 0.717) is 13.1 Å². The van der Waals surface area contributed by atoms with Gasteiger partial charge >= 0.3 is 0 Å². The van der Waals surface area contributed by atoms with Gasteiger partial charge in [-0.25, -0.2) is 4.68 Å². The van der Waals surface area contributed by atoms with Gasteiger partial charge in [-0.05, 0) is 63.4 Å². The van der Waals surface area contributed by atoms with Crippen LogP contribution >= 0.6 is 11.3 Å². The van der Waals surface area contributed by atoms with Crippen LogP contribution in [0.25, 0.3) is 16.0 Å². The highest BCUT2D eigenvalue weighted by Crippen LogP contribution is 2.34. The number of hydrogen-bond donors (Lipinski definition) is 1. The van der Waals surface area contributed by atoms with Gasteiger partial charge in [0.1, 0.15) is 5.75 Å². The van der Waals surface area contributed by atoms with Crippen LogP contribution in [-0.2, 0) is 11.3 Å². The number of piperidine rings is 1. The van der Waals surface area contributed by atoms with Crippen molar-refractivity contribution in [2.75, 3.05) is 18.0 Å². The highest BCUT2D eigenvalue weighted by atomic mass is 32.1. The minimum absolute atomic E-state index is 0.0500. The fourth-order valence-electron chi connectivity index (χ4n) is 4.46. The first-order valence-electron chi connectivity index (χ1n) is 12.2. The van der Waals surface area contributed by atoms with Crippen molar-refractivity contribution in [1.29, 1.82) is 0 Å². The molecule has 1 saturated heterocycles. The minimum Gasteiger partial charge on any atom is -0.491 e. The van der Waals surface area contributed by atoms with Crippen LogP contribution < -0.4 is 15.0 Å². The number of aryl methyl sites for hydroxylation is 1. The van der Waals surface area contributed by atoms with Crippen molar-refractivity contribution in [3.8, 4) is 11.4 Å². The zero-order chi connectivity index (χ0) is 24.4. The van der Waals surface area contributed by atoms with Crippen LogP contribution in [0.2, 0.25) is 0 Å². The molecule has 1 N–H and O–H groups in total. The summed E-state index contributed by atoms with van der Waals surface area (Å²) in [6.07, 6.45) is 2.01. The van der Waals surface area contributed by atoms with Crippen molar-refractivity contribution in [3.05, 3.63) is 65.9 Å². The van der Waals surface area contributed by atoms with Crippen molar-refractivity contribution >= 4 is 32.7 Å². The Morgan fingerprint density at radius 3 is 2.69 bits per heavy atom. The summed E-state index contributed by atoms with van der Waals surface area (Å²) in [4.78, 5) is 20.2. The van der Waals surface area contributed by atoms with Crippen molar-refractivity contribution in [3.63, 3.8) is 0 Å². The second kappa shape index (κ2) is 10.1. The third-order valence-electron chi connectivity index (χ3n) is 6.20. The molecule has 0 aliphatic carbocycles. The van der Waals surface area contributed by atoms with Gasteiger partial charge in [-0.2, -0.15) is 10.1 Å². The largest absolute Gasteiger partial charge is 0.491 e. The Hall–Kier alpha value is -3.39. The van der Waals surface area contributed by atoms with E-state index in [2.05, 4.69) is 10.2 Å². The maximum absolute atomic E-state index is 13.0. The number of rotatable bonds is 7. The van der Waals surface area contributed by atoms with Gasteiger partial charge in [0.05, 0.1) is 28.1 Å². The minimum atomic E-state index is -0.0500. The van der Waals surface area contributed by atoms with E-state index in [1.807, 2.05) is 80.1 Å². The van der Waals surface area contributed by atoms with Gasteiger partial charge in [-0.3, -0.25) is 4.79 Å². The summed E-state index contributed by atoms with van der Waals surface area (Å²) < 4.78 is 8.71. The fourth-order valence-corrected chi connectivity index (χ4v) is 5.49. The molecule has 1 atom stereocenters. The molecule has 35 heavy (non-hydrogen) atoms. The molecule has 0 spiro atoms. The number of thiazole rings is 1. The number of carbonyl (C=O) groups excluding carboxylic acids is 1. The summed E-state index contributed by atoms with van der Waals surface area (Å²) in [6.45, 7) is 8.15. The van der Waals surface area contributed by atoms with Crippen LogP contribution in [0.5, 0.6) is 5.75 Å². The van der Waals surface area contributed by atoms with E-state index in [9.17, 15) is 4.79 Å². The van der Waals surface area contributed by atoms with Gasteiger partial charge in [0.25, 0.3) is 0 Å². The lowest BCUT2D eigenvalue weighted by molar-refractivity contribution is -0.125. The SMILES string of the molecule is Cc1nn(-c2ccccc2)c2nc(N3CCC[C@@H](C(=O)NCc4ccc(OC(C)C)cc4)C3)sc12. The third-order valence-corrected chi connectivity index (χ3v) is 7.42. The molecular formula is C27H31N5O2S. The van der Waals surface area contributed by atoms with Crippen LogP contribution in [0.1, 0.15) is 37.9 Å². The second-order valence-corrected chi connectivity index (χ2v) is 10.3. The van der Waals surface area contributed by atoms with Gasteiger partial charge in [-0.15, -0.1) is 0 Å². The normalized spacial score (nSPS) is 16.1. The summed E-state index contributed by atoms with van der Waals surface area (Å²) in [5.41, 5.74) is 3.92. The molecule has 5 rings (SSSR count). The summed E-state index contributed by atoms with van der Waals surface area (Å²) in [7, 11) is 0. The third kappa shape index (κ3) is 5.17. The predicted molar refractivity (Wildman–Crippen MR) is 140 cm³/mol. The van der Waals surface area contributed by atoms with Crippen LogP contribution in [-0.4, -0.2) is 39.9 Å². The van der Waals surface area contributed by atoms with E-state index in [-0.39, 0.29) is 17.9 Å². The van der Waals surface area contributed by atoms with E-state index < -0.39 is 0 Å². The first-order valence-corrected chi connectivity index (χ1v) is 13.0. The number of nitrogens with one attached hydrogen (secondary N) is 1. The molecule has 2 aromatic carbocycles. The Kier molecular flexibility index (Phi) is 6.72. The molecule has 8 heteroatoms. The Bertz CT molecular complexity index is 1300. The zero-order valence-corrected chi connectivity index (χ0v) is 21.2. The molecule has 182 valence electrons. The maximum atomic E-state index is 13.0. The molecule has 0 bridgehead atoms. The standard InChI is InChI=1S/C27H31N5O2S/c1-18(2)34-23-13-11-20(12-14-23)16-28-26(33)21-8-7-15-31(17-21)27-29-25-24(35-27)19(3)30-32(25)22-9-5-4-6-10-22/h4-6,9-14,18,21H,7-8,15-17H2,1-3H3,(H,28,33)/t21-/m1/s1. The number of fused-ring (bicyclic) bond motifs is 1. The second-order valence-electron chi connectivity index (χ2n) is 9.30. The molecular weight excluding hydrogens is 458 g/mol. The number of nitrogens with zero attached hydrogens (tertiary/aromatic N) is 4. The average Bonchev–Trinajstić information content (AvgIpc) is 3.44. The fraction of sp³-hybridized carbons (Fsp3) is 0.370. The van der Waals surface area contributed by atoms with E-state index in [4.69, 9.17) is 14.8 Å². The molecule has 1 aliphatic heterocycles. The molecule has 4 aromatic rings. The van der Waals surface area contributed by atoms with Crippen LogP contribution in [0.4, 0.5) is 5.13 Å². The number of anilines is 1. The quantitative estimate of drug-likeness (QED) is 0.391. The number of benzene rings is 2. The zero-order valence-electron chi connectivity index (χ0n) is 20.4. The summed E-state index contributed by atoms with van der Waals surface area (Å²) >= 11 is 1.66. The maximum Gasteiger partial charge on any atom is 0.225 e. The van der Waals surface area contributed by atoms with E-state index in [1.165, 1.54) is 0 Å². The van der Waals surface area contributed by atoms with Crippen molar-refractivity contribution in [1.82, 2.24) is 20.1 Å². The van der Waals surface area contributed by atoms with Crippen molar-refractivity contribution in [2.24, 2.45) is 5.92 Å². The van der Waals surface area contributed by atoms with Gasteiger partial charge in [0, 0.05) is 19.6 Å². The Morgan fingerprint density at radius 1 is 1.17 bits per heavy atom. The van der Waals surface area contributed by atoms with Crippen molar-refractivity contribution in [2.45, 2.75) is 46.3 Å². The summed E-state index contributed by atoms with van der Waals surface area (Å²) in [6, 6.07) is 18.0. The highest BCUT2D eigenvalue weighted by Gasteiger charge is 2.28. The van der Waals surface area contributed by atoms with Gasteiger partial charge in [0.15, 0.2) is 10.8 Å². The molecule has 7 nitrogen and oxygen atoms in total. The lowest BCUT2D eigenvalue weighted by Gasteiger charge is -2.31. The first-order chi connectivity index (χ1) is 17.0. The van der Waals surface area contributed by atoms with Gasteiger partial charge < -0.3 is 15.0 Å². The number of hydrogen-bond acceptors (Lipinski definition) is 6. The molecule has 1 fully saturated rings. The highest BCUT2D eigenvalue weighted by molar-refractivity contribution is 7.22. The molecule has 0 unspecified atom stereocenters. The number of para-hydroxylation sites is 1. The number of ether oxygens (including phenoxy) is 1. The summed E-state index contributed by atoms with van der Waals surface area (Å²) in [5, 5.41) is 8.78. The number of carbonyl (C=O) groups is 1. The van der Waals surface area contributed by atoms with E-state index in [1.54, 1.807) is 11.3 Å². The molecule has 2 aromatic heterocycles. The summed E-state index contributed by atoms with van der Waals surface area (Å²) in [5.74, 6) is 0.899. The molecule has 0 radical (unpaired) electrons. The first kappa shape index (κ1) is 23.4. The molecule has 0 saturated carbocycles. The molecule has 1 amide bonds. The average molecular weight is 490 g/mol. The predicted octanol–water partition coefficient (Wildman–Crippen LogP) is 5.11. The molecule has 3 heterocycles. The Labute approximate surface area is 209 Å². The van der Waals surface area contributed by atoms with Crippen LogP contribution in [0.3, 0.4) is 0 Å². The smallest absolute Gasteiger partial charge is 0.225 e. The van der Waals surface area contributed by atoms with Crippen LogP contribution in [0.15, 0.2) is 54.6 Å². The van der Waals surface area contributed by atoms with E-state index in [0.717, 1.165) is 57.6 Å². The van der Waals surface area contributed by atoms with Gasteiger partial charge in [0.2, 0.25) is 5.91 Å². The lowest BCUT2D eigenvalue weighted by Crippen LogP contribution is -2.43. The molecule has 1 aliphatic rings. The topological polar surface area (TPSA) is 72.3 Å². The Morgan fingerprint density at radius 2 is 1.94 bits per heavy atom. The van der Waals surface area contributed by atoms with Crippen LogP contribution in [0, 0.1) is 12.8 Å². The number of aromatic nitrogens is 3.